The highest BCUT2D eigenvalue weighted by atomic mass is 19.1. The van der Waals surface area contributed by atoms with Gasteiger partial charge < -0.3 is 15.1 Å². The molecule has 2 N–H and O–H groups in total. The first kappa shape index (κ1) is 25.8. The predicted octanol–water partition coefficient (Wildman–Crippen LogP) is 3.66. The van der Waals surface area contributed by atoms with Crippen molar-refractivity contribution in [1.29, 1.82) is 0 Å². The van der Waals surface area contributed by atoms with Crippen molar-refractivity contribution < 1.29 is 14.6 Å². The largest absolute Gasteiger partial charge is 0.387 e. The quantitative estimate of drug-likeness (QED) is 0.373. The molecule has 0 unspecified atom stereocenters. The third-order valence-electron chi connectivity index (χ3n) is 8.04. The number of anilines is 1. The van der Waals surface area contributed by atoms with E-state index in [4.69, 9.17) is 9.97 Å². The summed E-state index contributed by atoms with van der Waals surface area (Å²) < 4.78 is 16.2. The number of rotatable bonds is 7. The Morgan fingerprint density at radius 3 is 2.41 bits per heavy atom. The highest BCUT2D eigenvalue weighted by molar-refractivity contribution is 5.83. The van der Waals surface area contributed by atoms with E-state index >= 15 is 0 Å². The summed E-state index contributed by atoms with van der Waals surface area (Å²) in [5, 5.41) is 26.2. The van der Waals surface area contributed by atoms with Gasteiger partial charge in [0, 0.05) is 50.0 Å². The Kier molecular flexibility index (Phi) is 6.36. The maximum atomic E-state index is 14.2. The minimum atomic E-state index is -1.58. The van der Waals surface area contributed by atoms with Gasteiger partial charge in [0.25, 0.3) is 0 Å². The SMILES string of the molecule is CC(C)(O)[C@@](C)(O)c1cc2nc(-c3cnn(C4CC4)c3)c(N3CCN(Cc4ccccc4F)CC3)nc2cn1. The number of piperazine rings is 1. The van der Waals surface area contributed by atoms with Crippen molar-refractivity contribution in [3.63, 3.8) is 0 Å². The molecule has 0 spiro atoms. The Morgan fingerprint density at radius 2 is 1.72 bits per heavy atom. The summed E-state index contributed by atoms with van der Waals surface area (Å²) in [6.45, 7) is 8.19. The van der Waals surface area contributed by atoms with Gasteiger partial charge in [-0.05, 0) is 45.7 Å². The van der Waals surface area contributed by atoms with Crippen molar-refractivity contribution in [3.8, 4) is 11.3 Å². The molecule has 9 nitrogen and oxygen atoms in total. The van der Waals surface area contributed by atoms with Gasteiger partial charge in [0.1, 0.15) is 22.6 Å². The molecule has 10 heteroatoms. The monoisotopic (exact) mass is 531 g/mol. The molecule has 0 amide bonds. The Bertz CT molecular complexity index is 1500. The zero-order chi connectivity index (χ0) is 27.4. The molecule has 1 atom stereocenters. The van der Waals surface area contributed by atoms with E-state index in [-0.39, 0.29) is 5.82 Å². The molecule has 1 aliphatic heterocycles. The van der Waals surface area contributed by atoms with Crippen LogP contribution in [0, 0.1) is 5.82 Å². The molecule has 0 bridgehead atoms. The lowest BCUT2D eigenvalue weighted by atomic mass is 9.84. The highest BCUT2D eigenvalue weighted by Crippen LogP contribution is 2.37. The Hall–Kier alpha value is -3.47. The maximum Gasteiger partial charge on any atom is 0.156 e. The Morgan fingerprint density at radius 1 is 0.974 bits per heavy atom. The molecule has 6 rings (SSSR count). The molecular weight excluding hydrogens is 497 g/mol. The van der Waals surface area contributed by atoms with E-state index in [1.54, 1.807) is 39.1 Å². The number of hydrogen-bond donors (Lipinski definition) is 2. The minimum Gasteiger partial charge on any atom is -0.387 e. The van der Waals surface area contributed by atoms with Crippen LogP contribution in [0.15, 0.2) is 48.9 Å². The molecule has 1 aliphatic carbocycles. The van der Waals surface area contributed by atoms with Gasteiger partial charge >= 0.3 is 0 Å². The molecule has 3 aromatic heterocycles. The summed E-state index contributed by atoms with van der Waals surface area (Å²) in [6, 6.07) is 9.06. The van der Waals surface area contributed by atoms with Gasteiger partial charge in [0.2, 0.25) is 0 Å². The van der Waals surface area contributed by atoms with Gasteiger partial charge in [-0.2, -0.15) is 5.10 Å². The lowest BCUT2D eigenvalue weighted by Gasteiger charge is -2.36. The first-order chi connectivity index (χ1) is 18.6. The first-order valence-corrected chi connectivity index (χ1v) is 13.5. The number of aliphatic hydroxyl groups is 2. The second-order valence-electron chi connectivity index (χ2n) is 11.4. The van der Waals surface area contributed by atoms with Gasteiger partial charge in [-0.15, -0.1) is 0 Å². The van der Waals surface area contributed by atoms with Gasteiger partial charge in [0.05, 0.1) is 35.2 Å². The molecular formula is C29H34FN7O2. The van der Waals surface area contributed by atoms with Crippen LogP contribution < -0.4 is 4.90 Å². The average molecular weight is 532 g/mol. The van der Waals surface area contributed by atoms with Crippen molar-refractivity contribution in [2.45, 2.75) is 57.4 Å². The number of pyridine rings is 1. The van der Waals surface area contributed by atoms with E-state index in [1.165, 1.54) is 6.07 Å². The molecule has 1 saturated heterocycles. The fourth-order valence-electron chi connectivity index (χ4n) is 4.93. The normalized spacial score (nSPS) is 18.5. The molecule has 4 aromatic rings. The van der Waals surface area contributed by atoms with Gasteiger partial charge in [0.15, 0.2) is 5.82 Å². The molecule has 2 fully saturated rings. The van der Waals surface area contributed by atoms with E-state index in [9.17, 15) is 14.6 Å². The van der Waals surface area contributed by atoms with Crippen LogP contribution in [0.3, 0.4) is 0 Å². The van der Waals surface area contributed by atoms with Crippen molar-refractivity contribution >= 4 is 16.9 Å². The summed E-state index contributed by atoms with van der Waals surface area (Å²) in [7, 11) is 0. The molecule has 2 aliphatic rings. The zero-order valence-electron chi connectivity index (χ0n) is 22.5. The van der Waals surface area contributed by atoms with E-state index < -0.39 is 11.2 Å². The van der Waals surface area contributed by atoms with Crippen LogP contribution in [-0.4, -0.2) is 71.6 Å². The first-order valence-electron chi connectivity index (χ1n) is 13.5. The lowest BCUT2D eigenvalue weighted by Crippen LogP contribution is -2.46. The summed E-state index contributed by atoms with van der Waals surface area (Å²) in [5.41, 5.74) is 0.835. The van der Waals surface area contributed by atoms with Gasteiger partial charge in [-0.1, -0.05) is 18.2 Å². The van der Waals surface area contributed by atoms with Crippen LogP contribution in [0.2, 0.25) is 0 Å². The Labute approximate surface area is 226 Å². The predicted molar refractivity (Wildman–Crippen MR) is 147 cm³/mol. The Balaban J connectivity index is 1.33. The van der Waals surface area contributed by atoms with Crippen LogP contribution in [0.4, 0.5) is 10.2 Å². The maximum absolute atomic E-state index is 14.2. The third-order valence-corrected chi connectivity index (χ3v) is 8.04. The van der Waals surface area contributed by atoms with Crippen molar-refractivity contribution in [2.24, 2.45) is 0 Å². The molecule has 1 saturated carbocycles. The fourth-order valence-corrected chi connectivity index (χ4v) is 4.93. The third kappa shape index (κ3) is 4.99. The zero-order valence-corrected chi connectivity index (χ0v) is 22.5. The number of halogens is 1. The van der Waals surface area contributed by atoms with Crippen LogP contribution in [0.5, 0.6) is 0 Å². The number of nitrogens with zero attached hydrogens (tertiary/aromatic N) is 7. The summed E-state index contributed by atoms with van der Waals surface area (Å²) >= 11 is 0. The van der Waals surface area contributed by atoms with Crippen molar-refractivity contribution in [1.82, 2.24) is 29.6 Å². The minimum absolute atomic E-state index is 0.175. The molecule has 39 heavy (non-hydrogen) atoms. The van der Waals surface area contributed by atoms with Crippen LogP contribution >= 0.6 is 0 Å². The number of hydrogen-bond acceptors (Lipinski definition) is 8. The topological polar surface area (TPSA) is 103 Å². The highest BCUT2D eigenvalue weighted by Gasteiger charge is 2.41. The van der Waals surface area contributed by atoms with Crippen LogP contribution in [0.1, 0.15) is 50.9 Å². The second-order valence-corrected chi connectivity index (χ2v) is 11.4. The van der Waals surface area contributed by atoms with Gasteiger partial charge in [-0.25, -0.2) is 14.4 Å². The molecule has 1 aromatic carbocycles. The smallest absolute Gasteiger partial charge is 0.156 e. The van der Waals surface area contributed by atoms with E-state index in [2.05, 4.69) is 19.9 Å². The second kappa shape index (κ2) is 9.62. The van der Waals surface area contributed by atoms with Crippen molar-refractivity contribution in [3.05, 3.63) is 66.0 Å². The van der Waals surface area contributed by atoms with E-state index in [0.29, 0.717) is 34.9 Å². The average Bonchev–Trinajstić information content (AvgIpc) is 3.65. The van der Waals surface area contributed by atoms with E-state index in [1.807, 2.05) is 29.2 Å². The lowest BCUT2D eigenvalue weighted by molar-refractivity contribution is -0.127. The number of benzene rings is 1. The molecule has 4 heterocycles. The number of aromatic nitrogens is 5. The summed E-state index contributed by atoms with van der Waals surface area (Å²) in [5.74, 6) is 0.581. The van der Waals surface area contributed by atoms with Crippen LogP contribution in [0.25, 0.3) is 22.3 Å². The van der Waals surface area contributed by atoms with E-state index in [0.717, 1.165) is 56.1 Å². The molecule has 0 radical (unpaired) electrons. The standard InChI is InChI=1S/C29H34FN7O2/c1-28(2,38)29(3,39)25-14-23-24(16-31-25)34-27(26(33-23)20-15-32-37(18-20)21-8-9-21)36-12-10-35(11-13-36)17-19-6-4-5-7-22(19)30/h4-7,14-16,18,21,38-39H,8-13,17H2,1-3H3/t29-/m0/s1. The fraction of sp³-hybridized carbons (Fsp3) is 0.448. The van der Waals surface area contributed by atoms with Crippen LogP contribution in [-0.2, 0) is 12.1 Å². The van der Waals surface area contributed by atoms with Crippen molar-refractivity contribution in [2.75, 3.05) is 31.1 Å². The summed E-state index contributed by atoms with van der Waals surface area (Å²) in [4.78, 5) is 18.9. The molecule has 204 valence electrons. The number of fused-ring (bicyclic) bond motifs is 1. The van der Waals surface area contributed by atoms with Gasteiger partial charge in [-0.3, -0.25) is 14.6 Å². The summed E-state index contributed by atoms with van der Waals surface area (Å²) in [6.07, 6.45) is 7.72.